The van der Waals surface area contributed by atoms with Crippen LogP contribution in [0.5, 0.6) is 0 Å². The minimum absolute atomic E-state index is 0.0853. The summed E-state index contributed by atoms with van der Waals surface area (Å²) in [4.78, 5) is 26.7. The van der Waals surface area contributed by atoms with Crippen LogP contribution in [0.4, 0.5) is 11.5 Å². The molecular formula is C12H11N3O4. The Morgan fingerprint density at radius 1 is 1.47 bits per heavy atom. The number of hydrogen-bond acceptors (Lipinski definition) is 5. The van der Waals surface area contributed by atoms with Crippen LogP contribution in [0.3, 0.4) is 0 Å². The van der Waals surface area contributed by atoms with Gasteiger partial charge in [-0.05, 0) is 11.5 Å². The Hall–Kier alpha value is -2.70. The summed E-state index contributed by atoms with van der Waals surface area (Å²) in [7, 11) is 1.53. The zero-order chi connectivity index (χ0) is 14.0. The molecule has 7 nitrogen and oxygen atoms in total. The number of hydrogen-bond donors (Lipinski definition) is 1. The molecule has 98 valence electrons. The molecule has 0 aliphatic heterocycles. The molecule has 0 saturated carbocycles. The lowest BCUT2D eigenvalue weighted by Gasteiger charge is -2.17. The predicted molar refractivity (Wildman–Crippen MR) is 69.3 cm³/mol. The highest BCUT2D eigenvalue weighted by Crippen LogP contribution is 2.31. The highest BCUT2D eigenvalue weighted by Gasteiger charge is 2.19. The summed E-state index contributed by atoms with van der Waals surface area (Å²) < 4.78 is 0. The molecule has 0 unspecified atom stereocenters. The fourth-order valence-electron chi connectivity index (χ4n) is 1.91. The van der Waals surface area contributed by atoms with Crippen molar-refractivity contribution in [2.75, 3.05) is 18.5 Å². The van der Waals surface area contributed by atoms with Crippen LogP contribution in [0.25, 0.3) is 10.8 Å². The van der Waals surface area contributed by atoms with Crippen molar-refractivity contribution in [2.24, 2.45) is 0 Å². The Morgan fingerprint density at radius 3 is 2.84 bits per heavy atom. The topological polar surface area (TPSA) is 96.6 Å². The summed E-state index contributed by atoms with van der Waals surface area (Å²) in [6.07, 6.45) is 1.50. The third kappa shape index (κ3) is 2.44. The van der Waals surface area contributed by atoms with E-state index in [1.807, 2.05) is 0 Å². The molecule has 2 aromatic rings. The number of rotatable bonds is 4. The number of anilines is 1. The number of aliphatic carboxylic acids is 1. The molecule has 0 aliphatic carbocycles. The van der Waals surface area contributed by atoms with Crippen LogP contribution in [-0.2, 0) is 4.79 Å². The summed E-state index contributed by atoms with van der Waals surface area (Å²) in [5, 5.41) is 20.8. The van der Waals surface area contributed by atoms with E-state index < -0.39 is 10.9 Å². The van der Waals surface area contributed by atoms with Gasteiger partial charge in [-0.3, -0.25) is 14.9 Å². The van der Waals surface area contributed by atoms with E-state index in [0.717, 1.165) is 0 Å². The third-order valence-electron chi connectivity index (χ3n) is 2.68. The van der Waals surface area contributed by atoms with E-state index in [0.29, 0.717) is 10.8 Å². The lowest BCUT2D eigenvalue weighted by atomic mass is 10.1. The van der Waals surface area contributed by atoms with Gasteiger partial charge in [-0.25, -0.2) is 4.98 Å². The molecule has 1 aromatic heterocycles. The highest BCUT2D eigenvalue weighted by molar-refractivity contribution is 5.99. The van der Waals surface area contributed by atoms with Crippen molar-refractivity contribution in [3.8, 4) is 0 Å². The van der Waals surface area contributed by atoms with E-state index >= 15 is 0 Å². The van der Waals surface area contributed by atoms with Crippen molar-refractivity contribution in [3.63, 3.8) is 0 Å². The van der Waals surface area contributed by atoms with E-state index in [1.54, 1.807) is 18.2 Å². The minimum atomic E-state index is -1.03. The summed E-state index contributed by atoms with van der Waals surface area (Å²) >= 11 is 0. The third-order valence-corrected chi connectivity index (χ3v) is 2.68. The first-order valence-corrected chi connectivity index (χ1v) is 5.45. The number of carboxylic acids is 1. The molecule has 0 amide bonds. The summed E-state index contributed by atoms with van der Waals surface area (Å²) in [6, 6.07) is 6.34. The molecule has 0 aliphatic rings. The van der Waals surface area contributed by atoms with E-state index in [2.05, 4.69) is 4.98 Å². The maximum absolute atomic E-state index is 11.1. The number of carboxylic acid groups (broad SMARTS) is 1. The summed E-state index contributed by atoms with van der Waals surface area (Å²) in [5.41, 5.74) is -0.0853. The van der Waals surface area contributed by atoms with E-state index in [9.17, 15) is 14.9 Å². The number of fused-ring (bicyclic) bond motifs is 1. The van der Waals surface area contributed by atoms with Crippen LogP contribution >= 0.6 is 0 Å². The highest BCUT2D eigenvalue weighted by atomic mass is 16.6. The van der Waals surface area contributed by atoms with Gasteiger partial charge < -0.3 is 10.0 Å². The van der Waals surface area contributed by atoms with Gasteiger partial charge in [0.25, 0.3) is 5.69 Å². The standard InChI is InChI=1S/C12H11N3O4/c1-14(7-10(16)17)12-11-8(5-6-13-12)3-2-4-9(11)15(18)19/h2-6H,7H2,1H3,(H,16,17). The fourth-order valence-corrected chi connectivity index (χ4v) is 1.91. The maximum atomic E-state index is 11.1. The Bertz CT molecular complexity index is 651. The zero-order valence-corrected chi connectivity index (χ0v) is 10.1. The van der Waals surface area contributed by atoms with Crippen molar-refractivity contribution in [1.29, 1.82) is 0 Å². The van der Waals surface area contributed by atoms with Gasteiger partial charge in [-0.1, -0.05) is 12.1 Å². The van der Waals surface area contributed by atoms with Crippen molar-refractivity contribution >= 4 is 28.2 Å². The predicted octanol–water partition coefficient (Wildman–Crippen LogP) is 1.66. The van der Waals surface area contributed by atoms with Crippen LogP contribution in [0, 0.1) is 10.1 Å². The molecule has 0 saturated heterocycles. The number of aromatic nitrogens is 1. The Kier molecular flexibility index (Phi) is 3.28. The van der Waals surface area contributed by atoms with Gasteiger partial charge in [0, 0.05) is 19.3 Å². The van der Waals surface area contributed by atoms with Gasteiger partial charge in [0.05, 0.1) is 4.92 Å². The largest absolute Gasteiger partial charge is 0.480 e. The summed E-state index contributed by atoms with van der Waals surface area (Å²) in [5.74, 6) is -0.743. The number of nitro benzene ring substituents is 1. The first-order valence-electron chi connectivity index (χ1n) is 5.45. The smallest absolute Gasteiger partial charge is 0.323 e. The van der Waals surface area contributed by atoms with Crippen LogP contribution in [0.15, 0.2) is 30.5 Å². The fraction of sp³-hybridized carbons (Fsp3) is 0.167. The number of non-ortho nitro benzene ring substituents is 1. The molecule has 0 atom stereocenters. The lowest BCUT2D eigenvalue weighted by Crippen LogP contribution is -2.26. The Morgan fingerprint density at radius 2 is 2.21 bits per heavy atom. The number of nitrogens with zero attached hydrogens (tertiary/aromatic N) is 3. The molecule has 0 radical (unpaired) electrons. The SMILES string of the molecule is CN(CC(=O)O)c1nccc2cccc([N+](=O)[O-])c12. The molecule has 19 heavy (non-hydrogen) atoms. The molecule has 7 heteroatoms. The van der Waals surface area contributed by atoms with Crippen molar-refractivity contribution in [3.05, 3.63) is 40.6 Å². The molecular weight excluding hydrogens is 250 g/mol. The molecule has 0 fully saturated rings. The molecule has 1 N–H and O–H groups in total. The number of nitro groups is 1. The molecule has 0 spiro atoms. The van der Waals surface area contributed by atoms with Crippen LogP contribution < -0.4 is 4.90 Å². The van der Waals surface area contributed by atoms with Crippen LogP contribution in [0.1, 0.15) is 0 Å². The summed E-state index contributed by atoms with van der Waals surface area (Å²) in [6.45, 7) is -0.280. The van der Waals surface area contributed by atoms with Gasteiger partial charge in [0.2, 0.25) is 0 Å². The zero-order valence-electron chi connectivity index (χ0n) is 10.1. The van der Waals surface area contributed by atoms with E-state index in [-0.39, 0.29) is 18.1 Å². The van der Waals surface area contributed by atoms with Gasteiger partial charge in [0.1, 0.15) is 17.7 Å². The van der Waals surface area contributed by atoms with E-state index in [4.69, 9.17) is 5.11 Å². The van der Waals surface area contributed by atoms with Gasteiger partial charge >= 0.3 is 5.97 Å². The van der Waals surface area contributed by atoms with Crippen molar-refractivity contribution < 1.29 is 14.8 Å². The molecule has 1 heterocycles. The quantitative estimate of drug-likeness (QED) is 0.664. The molecule has 0 bridgehead atoms. The van der Waals surface area contributed by atoms with Gasteiger partial charge in [-0.2, -0.15) is 0 Å². The second-order valence-corrected chi connectivity index (χ2v) is 4.02. The number of likely N-dealkylation sites (N-methyl/N-ethyl adjacent to an activating group) is 1. The molecule has 1 aromatic carbocycles. The lowest BCUT2D eigenvalue weighted by molar-refractivity contribution is -0.383. The van der Waals surface area contributed by atoms with E-state index in [1.165, 1.54) is 24.2 Å². The van der Waals surface area contributed by atoms with Crippen molar-refractivity contribution in [1.82, 2.24) is 4.98 Å². The van der Waals surface area contributed by atoms with Crippen molar-refractivity contribution in [2.45, 2.75) is 0 Å². The first kappa shape index (κ1) is 12.7. The number of benzene rings is 1. The normalized spacial score (nSPS) is 10.4. The average Bonchev–Trinajstić information content (AvgIpc) is 2.36. The van der Waals surface area contributed by atoms with Gasteiger partial charge in [0.15, 0.2) is 0 Å². The Balaban J connectivity index is 2.67. The Labute approximate surface area is 108 Å². The molecule has 2 rings (SSSR count). The average molecular weight is 261 g/mol. The second kappa shape index (κ2) is 4.89. The number of pyridine rings is 1. The van der Waals surface area contributed by atoms with Crippen LogP contribution in [0.2, 0.25) is 0 Å². The maximum Gasteiger partial charge on any atom is 0.323 e. The number of carbonyl (C=O) groups is 1. The first-order chi connectivity index (χ1) is 9.00. The second-order valence-electron chi connectivity index (χ2n) is 4.02. The van der Waals surface area contributed by atoms with Crippen LogP contribution in [-0.4, -0.2) is 34.6 Å². The van der Waals surface area contributed by atoms with Gasteiger partial charge in [-0.15, -0.1) is 0 Å². The minimum Gasteiger partial charge on any atom is -0.480 e. The monoisotopic (exact) mass is 261 g/mol.